The molecule has 0 spiro atoms. The van der Waals surface area contributed by atoms with Gasteiger partial charge in [-0.25, -0.2) is 9.37 Å². The number of alkyl halides is 1. The highest BCUT2D eigenvalue weighted by atomic mass is 19.1. The number of aryl methyl sites for hydroxylation is 2. The average Bonchev–Trinajstić information content (AvgIpc) is 2.54. The lowest BCUT2D eigenvalue weighted by Crippen LogP contribution is -2.30. The van der Waals surface area contributed by atoms with Crippen molar-refractivity contribution in [2.75, 3.05) is 39.2 Å². The van der Waals surface area contributed by atoms with E-state index in [1.807, 2.05) is 7.05 Å². The van der Waals surface area contributed by atoms with Gasteiger partial charge >= 0.3 is 0 Å². The van der Waals surface area contributed by atoms with Crippen molar-refractivity contribution in [1.82, 2.24) is 10.3 Å². The third-order valence-corrected chi connectivity index (χ3v) is 3.57. The summed E-state index contributed by atoms with van der Waals surface area (Å²) in [6.45, 7) is 3.14. The molecule has 1 unspecified atom stereocenters. The van der Waals surface area contributed by atoms with Crippen molar-refractivity contribution in [2.45, 2.75) is 38.7 Å². The topological polar surface area (TPSA) is 46.2 Å². The number of anilines is 1. The fourth-order valence-corrected chi connectivity index (χ4v) is 2.19. The van der Waals surface area contributed by atoms with Gasteiger partial charge in [0.25, 0.3) is 0 Å². The Kier molecular flexibility index (Phi) is 8.94. The molecule has 0 aliphatic rings. The summed E-state index contributed by atoms with van der Waals surface area (Å²) in [5.74, 6) is 0.985. The molecule has 1 rings (SSSR count). The van der Waals surface area contributed by atoms with Gasteiger partial charge in [0.1, 0.15) is 12.5 Å². The maximum absolute atomic E-state index is 12.4. The molecule has 0 amide bonds. The Morgan fingerprint density at radius 1 is 1.33 bits per heavy atom. The zero-order valence-corrected chi connectivity index (χ0v) is 13.4. The third kappa shape index (κ3) is 6.40. The smallest absolute Gasteiger partial charge is 0.129 e. The Morgan fingerprint density at radius 3 is 2.76 bits per heavy atom. The second-order valence-electron chi connectivity index (χ2n) is 5.09. The van der Waals surface area contributed by atoms with Crippen LogP contribution >= 0.6 is 0 Å². The SMILES string of the molecule is CCc1ccc(CCCCNCC(CF)OC)nc1NC. The van der Waals surface area contributed by atoms with E-state index in [-0.39, 0.29) is 6.10 Å². The largest absolute Gasteiger partial charge is 0.377 e. The molecule has 120 valence electrons. The fourth-order valence-electron chi connectivity index (χ4n) is 2.19. The van der Waals surface area contributed by atoms with Gasteiger partial charge < -0.3 is 15.4 Å². The van der Waals surface area contributed by atoms with E-state index in [0.29, 0.717) is 6.54 Å². The van der Waals surface area contributed by atoms with Gasteiger partial charge in [0, 0.05) is 26.4 Å². The van der Waals surface area contributed by atoms with Gasteiger partial charge in [0.15, 0.2) is 0 Å². The highest BCUT2D eigenvalue weighted by Gasteiger charge is 2.05. The number of hydrogen-bond acceptors (Lipinski definition) is 4. The standard InChI is InChI=1S/C16H28FN3O/c1-4-13-8-9-14(20-16(13)18-2)7-5-6-10-19-12-15(11-17)21-3/h8-9,15,19H,4-7,10-12H2,1-3H3,(H,18,20). The first-order chi connectivity index (χ1) is 10.2. The molecule has 0 radical (unpaired) electrons. The lowest BCUT2D eigenvalue weighted by Gasteiger charge is -2.12. The van der Waals surface area contributed by atoms with Gasteiger partial charge in [0.05, 0.1) is 6.10 Å². The van der Waals surface area contributed by atoms with Gasteiger partial charge in [-0.05, 0) is 43.9 Å². The lowest BCUT2D eigenvalue weighted by molar-refractivity contribution is 0.0791. The van der Waals surface area contributed by atoms with Crippen LogP contribution in [0.3, 0.4) is 0 Å². The molecule has 1 aromatic heterocycles. The van der Waals surface area contributed by atoms with Crippen molar-refractivity contribution in [1.29, 1.82) is 0 Å². The number of aromatic nitrogens is 1. The summed E-state index contributed by atoms with van der Waals surface area (Å²) in [5, 5.41) is 6.37. The van der Waals surface area contributed by atoms with Crippen LogP contribution in [0.4, 0.5) is 10.2 Å². The molecular formula is C16H28FN3O. The summed E-state index contributed by atoms with van der Waals surface area (Å²) >= 11 is 0. The zero-order valence-electron chi connectivity index (χ0n) is 13.4. The molecule has 2 N–H and O–H groups in total. The third-order valence-electron chi connectivity index (χ3n) is 3.57. The van der Waals surface area contributed by atoms with Gasteiger partial charge in [-0.15, -0.1) is 0 Å². The van der Waals surface area contributed by atoms with E-state index in [1.54, 1.807) is 0 Å². The molecule has 0 bridgehead atoms. The number of nitrogens with zero attached hydrogens (tertiary/aromatic N) is 1. The van der Waals surface area contributed by atoms with E-state index < -0.39 is 6.67 Å². The van der Waals surface area contributed by atoms with Gasteiger partial charge in [-0.1, -0.05) is 13.0 Å². The molecule has 21 heavy (non-hydrogen) atoms. The first-order valence-electron chi connectivity index (χ1n) is 7.71. The van der Waals surface area contributed by atoms with Crippen LogP contribution in [-0.4, -0.2) is 45.0 Å². The van der Waals surface area contributed by atoms with Crippen LogP contribution in [-0.2, 0) is 17.6 Å². The van der Waals surface area contributed by atoms with Crippen LogP contribution in [0, 0.1) is 0 Å². The van der Waals surface area contributed by atoms with E-state index >= 15 is 0 Å². The monoisotopic (exact) mass is 297 g/mol. The second-order valence-corrected chi connectivity index (χ2v) is 5.09. The maximum atomic E-state index is 12.4. The molecule has 0 fully saturated rings. The van der Waals surface area contributed by atoms with Crippen LogP contribution in [0.2, 0.25) is 0 Å². The number of hydrogen-bond donors (Lipinski definition) is 2. The number of unbranched alkanes of at least 4 members (excludes halogenated alkanes) is 1. The van der Waals surface area contributed by atoms with E-state index in [2.05, 4.69) is 34.7 Å². The Labute approximate surface area is 127 Å². The van der Waals surface area contributed by atoms with Crippen LogP contribution in [0.5, 0.6) is 0 Å². The van der Waals surface area contributed by atoms with Gasteiger partial charge in [-0.3, -0.25) is 0 Å². The van der Waals surface area contributed by atoms with Crippen LogP contribution < -0.4 is 10.6 Å². The molecule has 0 aliphatic heterocycles. The maximum Gasteiger partial charge on any atom is 0.129 e. The van der Waals surface area contributed by atoms with Crippen molar-refractivity contribution in [3.63, 3.8) is 0 Å². The Bertz CT molecular complexity index is 397. The Balaban J connectivity index is 2.24. The number of rotatable bonds is 11. The Hall–Kier alpha value is -1.20. The van der Waals surface area contributed by atoms with E-state index in [9.17, 15) is 4.39 Å². The first-order valence-corrected chi connectivity index (χ1v) is 7.71. The van der Waals surface area contributed by atoms with Crippen molar-refractivity contribution in [2.24, 2.45) is 0 Å². The molecule has 0 aromatic carbocycles. The summed E-state index contributed by atoms with van der Waals surface area (Å²) in [4.78, 5) is 4.63. The lowest BCUT2D eigenvalue weighted by atomic mass is 10.1. The van der Waals surface area contributed by atoms with E-state index in [0.717, 1.165) is 43.7 Å². The number of nitrogens with one attached hydrogen (secondary N) is 2. The van der Waals surface area contributed by atoms with Crippen LogP contribution in [0.25, 0.3) is 0 Å². The fraction of sp³-hybridized carbons (Fsp3) is 0.688. The van der Waals surface area contributed by atoms with Crippen molar-refractivity contribution in [3.8, 4) is 0 Å². The minimum atomic E-state index is -0.440. The number of ether oxygens (including phenoxy) is 1. The zero-order chi connectivity index (χ0) is 15.5. The van der Waals surface area contributed by atoms with Crippen molar-refractivity contribution in [3.05, 3.63) is 23.4 Å². The normalized spacial score (nSPS) is 12.4. The predicted molar refractivity (Wildman–Crippen MR) is 85.7 cm³/mol. The summed E-state index contributed by atoms with van der Waals surface area (Å²) in [5.41, 5.74) is 2.37. The molecule has 1 aromatic rings. The van der Waals surface area contributed by atoms with Gasteiger partial charge in [0.2, 0.25) is 0 Å². The first kappa shape index (κ1) is 17.9. The highest BCUT2D eigenvalue weighted by Crippen LogP contribution is 2.14. The summed E-state index contributed by atoms with van der Waals surface area (Å²) in [6.07, 6.45) is 3.75. The number of halogens is 1. The molecule has 0 saturated carbocycles. The molecule has 0 aliphatic carbocycles. The van der Waals surface area contributed by atoms with Crippen LogP contribution in [0.15, 0.2) is 12.1 Å². The summed E-state index contributed by atoms with van der Waals surface area (Å²) in [6, 6.07) is 4.26. The molecule has 4 nitrogen and oxygen atoms in total. The van der Waals surface area contributed by atoms with Crippen molar-refractivity contribution < 1.29 is 9.13 Å². The van der Waals surface area contributed by atoms with E-state index in [4.69, 9.17) is 4.74 Å². The molecule has 1 atom stereocenters. The predicted octanol–water partition coefficient (Wildman–Crippen LogP) is 2.58. The Morgan fingerprint density at radius 2 is 2.14 bits per heavy atom. The molecule has 5 heteroatoms. The minimum absolute atomic E-state index is 0.327. The molecule has 0 saturated heterocycles. The number of methoxy groups -OCH3 is 1. The quantitative estimate of drug-likeness (QED) is 0.616. The molecule has 1 heterocycles. The van der Waals surface area contributed by atoms with Crippen LogP contribution in [0.1, 0.15) is 31.0 Å². The number of pyridine rings is 1. The van der Waals surface area contributed by atoms with Gasteiger partial charge in [-0.2, -0.15) is 0 Å². The summed E-state index contributed by atoms with van der Waals surface area (Å²) < 4.78 is 17.4. The summed E-state index contributed by atoms with van der Waals surface area (Å²) in [7, 11) is 3.45. The minimum Gasteiger partial charge on any atom is -0.377 e. The average molecular weight is 297 g/mol. The van der Waals surface area contributed by atoms with E-state index in [1.165, 1.54) is 12.7 Å². The highest BCUT2D eigenvalue weighted by molar-refractivity contribution is 5.44. The second kappa shape index (κ2) is 10.5. The molecular weight excluding hydrogens is 269 g/mol. The van der Waals surface area contributed by atoms with Crippen molar-refractivity contribution >= 4 is 5.82 Å².